The Morgan fingerprint density at radius 3 is 2.47 bits per heavy atom. The maximum atomic E-state index is 13.1. The Morgan fingerprint density at radius 2 is 1.87 bits per heavy atom. The minimum atomic E-state index is -0.283. The second kappa shape index (κ2) is 9.01. The van der Waals surface area contributed by atoms with Crippen molar-refractivity contribution in [2.75, 3.05) is 12.8 Å². The van der Waals surface area contributed by atoms with Crippen molar-refractivity contribution in [3.05, 3.63) is 53.6 Å². The van der Waals surface area contributed by atoms with Crippen LogP contribution in [0.25, 0.3) is 16.8 Å². The van der Waals surface area contributed by atoms with Crippen LogP contribution in [0.5, 0.6) is 0 Å². The lowest BCUT2D eigenvalue weighted by Gasteiger charge is -2.38. The number of hydrogen-bond acceptors (Lipinski definition) is 9. The third-order valence-electron chi connectivity index (χ3n) is 7.56. The van der Waals surface area contributed by atoms with Gasteiger partial charge in [-0.2, -0.15) is 9.61 Å². The summed E-state index contributed by atoms with van der Waals surface area (Å²) in [5.74, 6) is -0.329. The number of nitrogens with zero attached hydrogens (tertiary/aromatic N) is 7. The van der Waals surface area contributed by atoms with Crippen molar-refractivity contribution in [3.8, 4) is 11.1 Å². The van der Waals surface area contributed by atoms with Crippen LogP contribution in [-0.2, 0) is 0 Å². The van der Waals surface area contributed by atoms with E-state index in [1.807, 2.05) is 4.90 Å². The van der Waals surface area contributed by atoms with Gasteiger partial charge in [-0.15, -0.1) is 5.10 Å². The summed E-state index contributed by atoms with van der Waals surface area (Å²) in [7, 11) is 1.55. The number of ketones is 1. The second-order valence-electron chi connectivity index (χ2n) is 9.71. The predicted octanol–water partition coefficient (Wildman–Crippen LogP) is 1.60. The van der Waals surface area contributed by atoms with E-state index in [0.29, 0.717) is 46.6 Å². The smallest absolute Gasteiger partial charge is 0.294 e. The van der Waals surface area contributed by atoms with Crippen LogP contribution < -0.4 is 11.1 Å². The molecule has 0 aliphatic carbocycles. The second-order valence-corrected chi connectivity index (χ2v) is 9.71. The molecule has 6 heterocycles. The summed E-state index contributed by atoms with van der Waals surface area (Å²) in [6, 6.07) is 3.40. The highest BCUT2D eigenvalue weighted by Crippen LogP contribution is 2.45. The van der Waals surface area contributed by atoms with Crippen molar-refractivity contribution in [2.24, 2.45) is 0 Å². The summed E-state index contributed by atoms with van der Waals surface area (Å²) in [5, 5.41) is 13.5. The van der Waals surface area contributed by atoms with Gasteiger partial charge in [-0.3, -0.25) is 24.5 Å². The van der Waals surface area contributed by atoms with E-state index < -0.39 is 0 Å². The molecule has 0 radical (unpaired) electrons. The van der Waals surface area contributed by atoms with Crippen LogP contribution in [0.4, 0.5) is 5.82 Å². The highest BCUT2D eigenvalue weighted by atomic mass is 16.2. The van der Waals surface area contributed by atoms with Gasteiger partial charge in [-0.25, -0.2) is 9.97 Å². The van der Waals surface area contributed by atoms with E-state index in [2.05, 4.69) is 30.6 Å². The number of nitrogen functional groups attached to an aromatic ring is 1. The number of piperidine rings is 1. The number of Topliss-reactive ketones (excluding diaryl/α,β-unsaturated/α-hetero) is 1. The molecular formula is C25H26N10O3. The number of nitrogens with two attached hydrogens (primary N) is 1. The Bertz CT molecular complexity index is 1550. The van der Waals surface area contributed by atoms with Crippen LogP contribution in [0.2, 0.25) is 0 Å². The van der Waals surface area contributed by atoms with E-state index in [9.17, 15) is 14.4 Å². The molecule has 3 atom stereocenters. The molecule has 0 saturated carbocycles. The molecule has 2 aliphatic rings. The van der Waals surface area contributed by atoms with E-state index in [0.717, 1.165) is 12.8 Å². The van der Waals surface area contributed by atoms with Gasteiger partial charge in [-0.1, -0.05) is 6.07 Å². The number of hydrogen-bond donors (Lipinski definition) is 3. The third kappa shape index (κ3) is 3.69. The minimum absolute atomic E-state index is 0.00496. The third-order valence-corrected chi connectivity index (χ3v) is 7.56. The monoisotopic (exact) mass is 514 g/mol. The zero-order chi connectivity index (χ0) is 26.6. The topological polar surface area (TPSA) is 177 Å². The van der Waals surface area contributed by atoms with E-state index in [-0.39, 0.29) is 47.2 Å². The molecule has 2 fully saturated rings. The molecule has 2 bridgehead atoms. The molecule has 4 aromatic heterocycles. The number of nitrogens with one attached hydrogen (secondary N) is 2. The number of aromatic amines is 1. The highest BCUT2D eigenvalue weighted by Gasteiger charge is 2.46. The van der Waals surface area contributed by atoms with Crippen molar-refractivity contribution in [1.29, 1.82) is 0 Å². The number of amides is 2. The number of fused-ring (bicyclic) bond motifs is 3. The Labute approximate surface area is 216 Å². The number of carbonyl (C=O) groups is 3. The van der Waals surface area contributed by atoms with Gasteiger partial charge < -0.3 is 16.0 Å². The molecule has 2 saturated heterocycles. The van der Waals surface area contributed by atoms with Gasteiger partial charge in [-0.05, 0) is 38.7 Å². The average Bonchev–Trinajstić information content (AvgIpc) is 3.66. The maximum Gasteiger partial charge on any atom is 0.294 e. The van der Waals surface area contributed by atoms with Crippen molar-refractivity contribution in [1.82, 2.24) is 45.0 Å². The first-order valence-electron chi connectivity index (χ1n) is 12.4. The maximum absolute atomic E-state index is 13.1. The number of aromatic nitrogens is 7. The molecule has 0 aromatic carbocycles. The summed E-state index contributed by atoms with van der Waals surface area (Å²) in [6.07, 6.45) is 7.66. The van der Waals surface area contributed by atoms with Crippen LogP contribution in [-0.4, -0.2) is 76.4 Å². The molecule has 4 aromatic rings. The summed E-state index contributed by atoms with van der Waals surface area (Å²) in [5.41, 5.74) is 9.69. The van der Waals surface area contributed by atoms with Crippen molar-refractivity contribution in [3.63, 3.8) is 0 Å². The molecule has 2 amide bonds. The van der Waals surface area contributed by atoms with E-state index in [1.54, 1.807) is 31.6 Å². The Morgan fingerprint density at radius 1 is 1.11 bits per heavy atom. The highest BCUT2D eigenvalue weighted by molar-refractivity contribution is 6.00. The molecule has 2 aliphatic heterocycles. The van der Waals surface area contributed by atoms with E-state index >= 15 is 0 Å². The summed E-state index contributed by atoms with van der Waals surface area (Å²) >= 11 is 0. The molecule has 0 spiro atoms. The van der Waals surface area contributed by atoms with Crippen LogP contribution in [0.15, 0.2) is 30.9 Å². The Hall–Kier alpha value is -4.68. The zero-order valence-corrected chi connectivity index (χ0v) is 20.9. The van der Waals surface area contributed by atoms with Crippen molar-refractivity contribution in [2.45, 2.75) is 50.6 Å². The fourth-order valence-electron chi connectivity index (χ4n) is 5.87. The van der Waals surface area contributed by atoms with Gasteiger partial charge >= 0.3 is 0 Å². The average molecular weight is 515 g/mol. The first-order valence-corrected chi connectivity index (χ1v) is 12.4. The standard InChI is InChI=1S/C25H26N10O3/c1-12(36)19-20(14-7-15-4-5-16(8-14)34(15)25(38)22-29-11-30-33-22)32-23-17(10-31-35(23)21(19)26)13-3-6-18(28-9-13)24(37)27-2/h3,6,9-11,14-16H,4-5,7-8,26H2,1-2H3,(H,27,37)(H,29,30,33)/t14-,15-,16+. The molecule has 38 heavy (non-hydrogen) atoms. The van der Waals surface area contributed by atoms with Crippen LogP contribution in [0.3, 0.4) is 0 Å². The number of rotatable bonds is 5. The summed E-state index contributed by atoms with van der Waals surface area (Å²) in [4.78, 5) is 52.9. The van der Waals surface area contributed by atoms with E-state index in [4.69, 9.17) is 10.7 Å². The van der Waals surface area contributed by atoms with E-state index in [1.165, 1.54) is 17.8 Å². The largest absolute Gasteiger partial charge is 0.383 e. The number of anilines is 1. The van der Waals surface area contributed by atoms with Gasteiger partial charge in [0.2, 0.25) is 5.82 Å². The molecule has 6 rings (SSSR count). The first kappa shape index (κ1) is 23.7. The molecule has 0 unspecified atom stereocenters. The quantitative estimate of drug-likeness (QED) is 0.334. The van der Waals surface area contributed by atoms with Crippen molar-refractivity contribution >= 4 is 29.1 Å². The summed E-state index contributed by atoms with van der Waals surface area (Å²) in [6.45, 7) is 1.48. The van der Waals surface area contributed by atoms with Gasteiger partial charge in [0, 0.05) is 42.4 Å². The Balaban J connectivity index is 1.39. The van der Waals surface area contributed by atoms with Crippen LogP contribution in [0.1, 0.15) is 75.7 Å². The van der Waals surface area contributed by atoms with Crippen molar-refractivity contribution < 1.29 is 14.4 Å². The lowest BCUT2D eigenvalue weighted by atomic mass is 9.85. The predicted molar refractivity (Wildman–Crippen MR) is 135 cm³/mol. The molecular weight excluding hydrogens is 488 g/mol. The molecule has 13 nitrogen and oxygen atoms in total. The lowest BCUT2D eigenvalue weighted by Crippen LogP contribution is -2.46. The molecule has 4 N–H and O–H groups in total. The van der Waals surface area contributed by atoms with Crippen LogP contribution >= 0.6 is 0 Å². The minimum Gasteiger partial charge on any atom is -0.383 e. The first-order chi connectivity index (χ1) is 18.4. The lowest BCUT2D eigenvalue weighted by molar-refractivity contribution is 0.0556. The molecule has 194 valence electrons. The van der Waals surface area contributed by atoms with Gasteiger partial charge in [0.05, 0.1) is 17.5 Å². The normalized spacial score (nSPS) is 20.6. The van der Waals surface area contributed by atoms with Gasteiger partial charge in [0.15, 0.2) is 11.4 Å². The molecule has 13 heteroatoms. The number of H-pyrrole nitrogens is 1. The Kier molecular flexibility index (Phi) is 5.62. The fourth-order valence-corrected chi connectivity index (χ4v) is 5.87. The van der Waals surface area contributed by atoms with Crippen LogP contribution in [0, 0.1) is 0 Å². The van der Waals surface area contributed by atoms with Gasteiger partial charge in [0.1, 0.15) is 17.8 Å². The zero-order valence-electron chi connectivity index (χ0n) is 20.9. The van der Waals surface area contributed by atoms with Gasteiger partial charge in [0.25, 0.3) is 11.8 Å². The number of pyridine rings is 1. The number of carbonyl (C=O) groups excluding carboxylic acids is 3. The fraction of sp³-hybridized carbons (Fsp3) is 0.360. The SMILES string of the molecule is CNC(=O)c1ccc(-c2cnn3c(N)c(C(C)=O)c([C@@H]4C[C@H]5CC[C@@H](C4)N5C(=O)c4nc[nH]n4)nc23)cn1. The summed E-state index contributed by atoms with van der Waals surface area (Å²) < 4.78 is 1.47.